The van der Waals surface area contributed by atoms with Crippen LogP contribution in [0.4, 0.5) is 4.79 Å². The van der Waals surface area contributed by atoms with Gasteiger partial charge in [-0.15, -0.1) is 0 Å². The Balaban J connectivity index is 1.39. The van der Waals surface area contributed by atoms with Crippen LogP contribution in [0.2, 0.25) is 0 Å². The SMILES string of the molecule is COc1c(C(=O)NC2CCC(NC(=O)OC(C)(C)C)CC2)[nH]c2c1c(=O)n(CC(=O)c1ccccc1)c1ccccc21. The molecule has 4 aromatic rings. The van der Waals surface area contributed by atoms with E-state index in [0.717, 1.165) is 0 Å². The van der Waals surface area contributed by atoms with Crippen molar-refractivity contribution >= 4 is 39.6 Å². The average molecular weight is 573 g/mol. The first-order chi connectivity index (χ1) is 20.1. The van der Waals surface area contributed by atoms with Crippen LogP contribution in [-0.4, -0.2) is 52.1 Å². The number of hydrogen-bond donors (Lipinski definition) is 3. The Morgan fingerprint density at radius 1 is 0.929 bits per heavy atom. The zero-order valence-corrected chi connectivity index (χ0v) is 24.3. The third-order valence-corrected chi connectivity index (χ3v) is 7.49. The molecule has 1 aliphatic rings. The number of nitrogens with zero attached hydrogens (tertiary/aromatic N) is 1. The molecular formula is C32H36N4O6. The van der Waals surface area contributed by atoms with E-state index in [4.69, 9.17) is 9.47 Å². The minimum atomic E-state index is -0.570. The fraction of sp³-hybridized carbons (Fsp3) is 0.375. The number of H-pyrrole nitrogens is 1. The lowest BCUT2D eigenvalue weighted by Crippen LogP contribution is -2.45. The molecule has 220 valence electrons. The van der Waals surface area contributed by atoms with Gasteiger partial charge in [-0.25, -0.2) is 4.79 Å². The number of alkyl carbamates (subject to hydrolysis) is 1. The van der Waals surface area contributed by atoms with E-state index in [1.165, 1.54) is 11.7 Å². The Kier molecular flexibility index (Phi) is 8.06. The number of methoxy groups -OCH3 is 1. The van der Waals surface area contributed by atoms with Crippen LogP contribution >= 0.6 is 0 Å². The minimum Gasteiger partial charge on any atom is -0.493 e. The van der Waals surface area contributed by atoms with Crippen molar-refractivity contribution in [3.05, 3.63) is 76.2 Å². The lowest BCUT2D eigenvalue weighted by molar-refractivity contribution is 0.0487. The highest BCUT2D eigenvalue weighted by atomic mass is 16.6. The van der Waals surface area contributed by atoms with E-state index in [0.29, 0.717) is 47.7 Å². The van der Waals surface area contributed by atoms with Gasteiger partial charge in [0, 0.05) is 23.0 Å². The van der Waals surface area contributed by atoms with E-state index < -0.39 is 17.3 Å². The van der Waals surface area contributed by atoms with Crippen molar-refractivity contribution in [2.45, 2.75) is 70.7 Å². The quantitative estimate of drug-likeness (QED) is 0.269. The van der Waals surface area contributed by atoms with E-state index in [1.807, 2.05) is 39.0 Å². The van der Waals surface area contributed by atoms with Crippen molar-refractivity contribution in [2.24, 2.45) is 0 Å². The molecular weight excluding hydrogens is 536 g/mol. The first-order valence-electron chi connectivity index (χ1n) is 14.2. The molecule has 0 aliphatic heterocycles. The van der Waals surface area contributed by atoms with Gasteiger partial charge in [-0.05, 0) is 52.5 Å². The minimum absolute atomic E-state index is 0.0287. The molecule has 1 aliphatic carbocycles. The van der Waals surface area contributed by atoms with Crippen molar-refractivity contribution < 1.29 is 23.9 Å². The van der Waals surface area contributed by atoms with Gasteiger partial charge in [0.25, 0.3) is 11.5 Å². The van der Waals surface area contributed by atoms with Crippen LogP contribution in [-0.2, 0) is 11.3 Å². The summed E-state index contributed by atoms with van der Waals surface area (Å²) < 4.78 is 12.4. The smallest absolute Gasteiger partial charge is 0.407 e. The number of amides is 2. The number of carbonyl (C=O) groups excluding carboxylic acids is 3. The first-order valence-corrected chi connectivity index (χ1v) is 14.2. The third-order valence-electron chi connectivity index (χ3n) is 7.49. The highest BCUT2D eigenvalue weighted by Crippen LogP contribution is 2.32. The average Bonchev–Trinajstić information content (AvgIpc) is 3.36. The summed E-state index contributed by atoms with van der Waals surface area (Å²) in [5, 5.41) is 6.88. The zero-order valence-electron chi connectivity index (χ0n) is 24.3. The van der Waals surface area contributed by atoms with Crippen molar-refractivity contribution in [3.8, 4) is 5.75 Å². The number of aromatic nitrogens is 2. The predicted molar refractivity (Wildman–Crippen MR) is 160 cm³/mol. The van der Waals surface area contributed by atoms with Crippen LogP contribution in [0.1, 0.15) is 67.3 Å². The Labute approximate surface area is 243 Å². The zero-order chi connectivity index (χ0) is 30.0. The third kappa shape index (κ3) is 6.02. The van der Waals surface area contributed by atoms with Gasteiger partial charge < -0.3 is 25.1 Å². The molecule has 0 atom stereocenters. The van der Waals surface area contributed by atoms with Crippen molar-refractivity contribution in [3.63, 3.8) is 0 Å². The van der Waals surface area contributed by atoms with Crippen LogP contribution in [0.15, 0.2) is 59.4 Å². The number of benzene rings is 2. The maximum absolute atomic E-state index is 13.9. The first kappa shape index (κ1) is 28.9. The monoisotopic (exact) mass is 572 g/mol. The summed E-state index contributed by atoms with van der Waals surface area (Å²) in [6, 6.07) is 16.0. The molecule has 10 nitrogen and oxygen atoms in total. The Bertz CT molecular complexity index is 1690. The Morgan fingerprint density at radius 2 is 1.55 bits per heavy atom. The highest BCUT2D eigenvalue weighted by Gasteiger charge is 2.29. The molecule has 2 aromatic heterocycles. The summed E-state index contributed by atoms with van der Waals surface area (Å²) in [5.41, 5.74) is 0.715. The van der Waals surface area contributed by atoms with Gasteiger partial charge in [-0.2, -0.15) is 0 Å². The summed E-state index contributed by atoms with van der Waals surface area (Å²) >= 11 is 0. The fourth-order valence-electron chi connectivity index (χ4n) is 5.55. The molecule has 3 N–H and O–H groups in total. The molecule has 2 heterocycles. The number of Topliss-reactive ketones (excluding diaryl/α,β-unsaturated/α-hetero) is 1. The number of para-hydroxylation sites is 1. The second-order valence-electron chi connectivity index (χ2n) is 11.6. The van der Waals surface area contributed by atoms with Crippen molar-refractivity contribution in [1.82, 2.24) is 20.2 Å². The van der Waals surface area contributed by atoms with Crippen LogP contribution < -0.4 is 20.9 Å². The summed E-state index contributed by atoms with van der Waals surface area (Å²) in [6.45, 7) is 5.30. The Hall–Kier alpha value is -4.60. The topological polar surface area (TPSA) is 132 Å². The fourth-order valence-corrected chi connectivity index (χ4v) is 5.55. The molecule has 2 aromatic carbocycles. The number of rotatable bonds is 7. The van der Waals surface area contributed by atoms with Crippen LogP contribution in [0.3, 0.4) is 0 Å². The number of pyridine rings is 1. The second-order valence-corrected chi connectivity index (χ2v) is 11.6. The molecule has 1 fully saturated rings. The second kappa shape index (κ2) is 11.7. The van der Waals surface area contributed by atoms with Gasteiger partial charge in [0.05, 0.1) is 24.7 Å². The summed E-state index contributed by atoms with van der Waals surface area (Å²) in [4.78, 5) is 55.7. The van der Waals surface area contributed by atoms with Gasteiger partial charge >= 0.3 is 6.09 Å². The van der Waals surface area contributed by atoms with Gasteiger partial charge in [-0.3, -0.25) is 19.0 Å². The molecule has 0 bridgehead atoms. The largest absolute Gasteiger partial charge is 0.493 e. The van der Waals surface area contributed by atoms with Crippen LogP contribution in [0.25, 0.3) is 21.8 Å². The number of fused-ring (bicyclic) bond motifs is 3. The van der Waals surface area contributed by atoms with Gasteiger partial charge in [0.15, 0.2) is 11.5 Å². The molecule has 0 saturated heterocycles. The number of nitrogens with one attached hydrogen (secondary N) is 3. The maximum Gasteiger partial charge on any atom is 0.407 e. The lowest BCUT2D eigenvalue weighted by Gasteiger charge is -2.30. The molecule has 0 spiro atoms. The van der Waals surface area contributed by atoms with E-state index in [1.54, 1.807) is 36.4 Å². The number of ketones is 1. The van der Waals surface area contributed by atoms with E-state index in [9.17, 15) is 19.2 Å². The number of hydrogen-bond acceptors (Lipinski definition) is 6. The standard InChI is InChI=1S/C32H36N4O6/c1-32(2,3)42-31(40)34-21-16-14-20(15-17-21)33-29(38)27-28(41-4)25-26(35-27)22-12-8-9-13-23(22)36(30(25)39)18-24(37)19-10-6-5-7-11-19/h5-13,20-21,35H,14-18H2,1-4H3,(H,33,38)(H,34,40). The molecule has 42 heavy (non-hydrogen) atoms. The van der Waals surface area contributed by atoms with Gasteiger partial charge in [-0.1, -0.05) is 48.5 Å². The predicted octanol–water partition coefficient (Wildman–Crippen LogP) is 4.94. The van der Waals surface area contributed by atoms with Crippen molar-refractivity contribution in [2.75, 3.05) is 7.11 Å². The van der Waals surface area contributed by atoms with E-state index >= 15 is 0 Å². The van der Waals surface area contributed by atoms with E-state index in [2.05, 4.69) is 15.6 Å². The number of carbonyl (C=O) groups is 3. The number of ether oxygens (including phenoxy) is 2. The summed E-state index contributed by atoms with van der Waals surface area (Å²) in [7, 11) is 1.42. The molecule has 0 radical (unpaired) electrons. The van der Waals surface area contributed by atoms with Crippen LogP contribution in [0.5, 0.6) is 5.75 Å². The summed E-state index contributed by atoms with van der Waals surface area (Å²) in [5.74, 6) is -0.451. The highest BCUT2D eigenvalue weighted by molar-refractivity contribution is 6.11. The van der Waals surface area contributed by atoms with Crippen molar-refractivity contribution in [1.29, 1.82) is 0 Å². The molecule has 10 heteroatoms. The lowest BCUT2D eigenvalue weighted by atomic mass is 9.91. The molecule has 0 unspecified atom stereocenters. The maximum atomic E-state index is 13.9. The summed E-state index contributed by atoms with van der Waals surface area (Å²) in [6.07, 6.45) is 2.29. The number of aromatic amines is 1. The van der Waals surface area contributed by atoms with Gasteiger partial charge in [0.1, 0.15) is 16.7 Å². The molecule has 5 rings (SSSR count). The molecule has 2 amide bonds. The normalized spacial score (nSPS) is 17.1. The van der Waals surface area contributed by atoms with Gasteiger partial charge in [0.2, 0.25) is 0 Å². The Morgan fingerprint density at radius 3 is 2.19 bits per heavy atom. The van der Waals surface area contributed by atoms with E-state index in [-0.39, 0.29) is 47.1 Å². The van der Waals surface area contributed by atoms with Crippen LogP contribution in [0, 0.1) is 0 Å². The molecule has 1 saturated carbocycles.